The van der Waals surface area contributed by atoms with Crippen LogP contribution in [0, 0.1) is 0 Å². The first-order valence-electron chi connectivity index (χ1n) is 33.1. The third-order valence-corrected chi connectivity index (χ3v) is 18.8. The third-order valence-electron chi connectivity index (χ3n) is 18.8. The second kappa shape index (κ2) is 34.2. The van der Waals surface area contributed by atoms with Gasteiger partial charge >= 0.3 is 0 Å². The van der Waals surface area contributed by atoms with Gasteiger partial charge in [0.25, 0.3) is 0 Å². The highest BCUT2D eigenvalue weighted by molar-refractivity contribution is 5.98. The van der Waals surface area contributed by atoms with Crippen molar-refractivity contribution in [3.63, 3.8) is 0 Å². The van der Waals surface area contributed by atoms with Crippen molar-refractivity contribution in [2.24, 2.45) is 21.5 Å². The number of rotatable bonds is 21. The lowest BCUT2D eigenvalue weighted by Gasteiger charge is -2.46. The van der Waals surface area contributed by atoms with Crippen LogP contribution in [0.4, 0.5) is 0 Å². The van der Waals surface area contributed by atoms with Crippen molar-refractivity contribution in [3.05, 3.63) is 108 Å². The molecule has 4 fully saturated rings. The van der Waals surface area contributed by atoms with E-state index in [0.717, 1.165) is 10.8 Å². The van der Waals surface area contributed by atoms with Gasteiger partial charge in [0.1, 0.15) is 115 Å². The van der Waals surface area contributed by atoms with Crippen LogP contribution in [0.2, 0.25) is 0 Å². The molecule has 0 bridgehead atoms. The molecular weight excluding hydrogens is 1340 g/mol. The first-order valence-corrected chi connectivity index (χ1v) is 33.1. The standard InChI is InChI=1S/C66H88N12O24/c1-29(32-6-4-3-5-7-32)47-61(95)75-39(17-30-9-13-37(14-10-30)98-63-54(90)52(88)55(45(27-82)101-63)102-64-56(51(87)49(85)44(26-81)100-64)97-28-31-8-11-34-18-38(96-2)15-12-33(34)16-31)58(92)73-40(19-35-21-70-65(67)72-35)59(93)74-41(60(94)76-42(24-79)57(91)69-23-46(83)77-47)20-36-22-71-66(68)78(36)62-53(89)50(86)48(84)43(25-80)99-62/h3-16,18,29,35-36,39-45,47-56,62-64,79-82,84-90H,17,19-28H2,1-2H3,(H2,68,71)(H,69,91)(H,73,92)(H,74,93)(H,75,95)(H,76,94)(H,77,83)(H3,67,70,72)/t29?,35?,36?,39-,40+,41-,42+,43-,44-,45-,47+,48-,49-,50+,51+,52-,53+,54+,55-,56+,62+,63+,64-/m1/s1. The fourth-order valence-corrected chi connectivity index (χ4v) is 13.0. The second-order valence-corrected chi connectivity index (χ2v) is 25.7. The van der Waals surface area contributed by atoms with Crippen molar-refractivity contribution < 1.29 is 118 Å². The molecule has 6 aliphatic heterocycles. The molecule has 22 N–H and O–H groups in total. The number of aliphatic hydroxyl groups is 11. The molecule has 3 unspecified atom stereocenters. The molecule has 6 heterocycles. The smallest absolute Gasteiger partial charge is 0.245 e. The summed E-state index contributed by atoms with van der Waals surface area (Å²) in [5.74, 6) is -6.54. The molecule has 4 aromatic carbocycles. The first kappa shape index (κ1) is 76.1. The highest BCUT2D eigenvalue weighted by atomic mass is 16.7. The molecule has 0 spiro atoms. The summed E-state index contributed by atoms with van der Waals surface area (Å²) in [5, 5.41) is 139. The normalized spacial score (nSPS) is 34.1. The number of hydrogen-bond acceptors (Lipinski definition) is 30. The van der Waals surface area contributed by atoms with Crippen LogP contribution in [-0.2, 0) is 65.5 Å². The van der Waals surface area contributed by atoms with Crippen LogP contribution in [0.5, 0.6) is 11.5 Å². The number of nitrogens with one attached hydrogen (secondary N) is 7. The van der Waals surface area contributed by atoms with Gasteiger partial charge in [0.05, 0.1) is 71.9 Å². The molecule has 6 amide bonds. The van der Waals surface area contributed by atoms with Gasteiger partial charge in [-0.25, -0.2) is 0 Å². The molecule has 0 radical (unpaired) electrons. The number of carbonyl (C=O) groups excluding carboxylic acids is 6. The topological polar surface area (TPSA) is 554 Å². The SMILES string of the molecule is COc1ccc2cc(CO[C@@H]3[C@@H](O[C@H]4[C@H](O)[C@H](O)[C@@H](Oc5ccc(C[C@H]6NC(=O)[C@H](C(C)c7ccccc7)NC(=O)CNC(=O)[C@H](CO)NC(=O)[C@@H](CC7CN=C(N)N7[C@H]7O[C@H](CO)[C@@H](O)[C@H](O)[C@@H]7O)NC(=O)[C@H](CC7CN=C(N)N7)NC6=O)cc5)O[C@@H]4CO)O[C@H](CO)[C@@H](O)[C@@H]3O)ccc2c1. The summed E-state index contributed by atoms with van der Waals surface area (Å²) in [6, 6.07) is 15.0. The lowest BCUT2D eigenvalue weighted by molar-refractivity contribution is -0.357. The molecule has 0 saturated carbocycles. The minimum absolute atomic E-state index is 0.00115. The molecule has 102 heavy (non-hydrogen) atoms. The number of nitrogens with two attached hydrogens (primary N) is 2. The highest BCUT2D eigenvalue weighted by Gasteiger charge is 2.53. The van der Waals surface area contributed by atoms with Crippen molar-refractivity contribution >= 4 is 58.1 Å². The number of amides is 6. The molecule has 23 atom stereocenters. The Kier molecular flexibility index (Phi) is 25.5. The molecule has 10 rings (SSSR count). The van der Waals surface area contributed by atoms with Gasteiger partial charge in [-0.05, 0) is 70.6 Å². The van der Waals surface area contributed by atoms with Crippen LogP contribution in [-0.4, -0.2) is 296 Å². The second-order valence-electron chi connectivity index (χ2n) is 25.7. The molecule has 0 aliphatic carbocycles. The number of fused-ring (bicyclic) bond motifs is 1. The Labute approximate surface area is 583 Å². The van der Waals surface area contributed by atoms with E-state index in [9.17, 15) is 75.3 Å². The van der Waals surface area contributed by atoms with E-state index in [4.69, 9.17) is 44.6 Å². The Morgan fingerprint density at radius 3 is 1.82 bits per heavy atom. The van der Waals surface area contributed by atoms with Crippen molar-refractivity contribution in [1.82, 2.24) is 42.1 Å². The number of aliphatic imine (C=N–C) groups is 2. The van der Waals surface area contributed by atoms with E-state index in [1.807, 2.05) is 24.3 Å². The summed E-state index contributed by atoms with van der Waals surface area (Å²) in [6.45, 7) is -3.06. The summed E-state index contributed by atoms with van der Waals surface area (Å²) >= 11 is 0. The summed E-state index contributed by atoms with van der Waals surface area (Å²) in [6.07, 6.45) is -26.2. The van der Waals surface area contributed by atoms with Gasteiger partial charge < -0.3 is 143 Å². The van der Waals surface area contributed by atoms with E-state index in [1.165, 1.54) is 29.2 Å². The van der Waals surface area contributed by atoms with Crippen LogP contribution in [0.1, 0.15) is 42.4 Å². The summed E-state index contributed by atoms with van der Waals surface area (Å²) in [7, 11) is 1.55. The molecule has 556 valence electrons. The number of aliphatic hydroxyl groups excluding tert-OH is 11. The van der Waals surface area contributed by atoms with E-state index in [0.29, 0.717) is 22.4 Å². The van der Waals surface area contributed by atoms with Crippen LogP contribution in [0.25, 0.3) is 10.8 Å². The summed E-state index contributed by atoms with van der Waals surface area (Å²) in [4.78, 5) is 97.0. The predicted octanol–water partition coefficient (Wildman–Crippen LogP) is -8.17. The number of nitrogens with zero attached hydrogens (tertiary/aromatic N) is 3. The van der Waals surface area contributed by atoms with Crippen molar-refractivity contribution in [2.45, 2.75) is 173 Å². The number of ether oxygens (including phenoxy) is 7. The molecule has 4 aromatic rings. The zero-order chi connectivity index (χ0) is 73.2. The Morgan fingerprint density at radius 1 is 0.559 bits per heavy atom. The Morgan fingerprint density at radius 2 is 1.16 bits per heavy atom. The van der Waals surface area contributed by atoms with Crippen LogP contribution in [0.15, 0.2) is 101 Å². The van der Waals surface area contributed by atoms with Gasteiger partial charge in [0.2, 0.25) is 41.7 Å². The van der Waals surface area contributed by atoms with Crippen LogP contribution in [0.3, 0.4) is 0 Å². The summed E-state index contributed by atoms with van der Waals surface area (Å²) < 4.78 is 41.2. The van der Waals surface area contributed by atoms with E-state index < -0.39 is 215 Å². The third kappa shape index (κ3) is 17.7. The lowest BCUT2D eigenvalue weighted by atomic mass is 9.92. The van der Waals surface area contributed by atoms with Gasteiger partial charge in [-0.1, -0.05) is 67.6 Å². The van der Waals surface area contributed by atoms with Gasteiger partial charge in [0.15, 0.2) is 24.4 Å². The van der Waals surface area contributed by atoms with Crippen LogP contribution >= 0.6 is 0 Å². The number of carbonyl (C=O) groups is 6. The largest absolute Gasteiger partial charge is 0.497 e. The van der Waals surface area contributed by atoms with Gasteiger partial charge in [0, 0.05) is 12.3 Å². The maximum Gasteiger partial charge on any atom is 0.245 e. The number of guanidine groups is 2. The van der Waals surface area contributed by atoms with E-state index in [-0.39, 0.29) is 50.2 Å². The molecule has 6 aliphatic rings. The summed E-state index contributed by atoms with van der Waals surface area (Å²) in [5.41, 5.74) is 13.8. The zero-order valence-electron chi connectivity index (χ0n) is 55.4. The Bertz CT molecular complexity index is 3620. The van der Waals surface area contributed by atoms with Crippen LogP contribution < -0.4 is 58.2 Å². The maximum atomic E-state index is 15.2. The number of hydrogen-bond donors (Lipinski definition) is 20. The maximum absolute atomic E-state index is 15.2. The molecule has 36 nitrogen and oxygen atoms in total. The minimum Gasteiger partial charge on any atom is -0.497 e. The minimum atomic E-state index is -1.92. The zero-order valence-corrected chi connectivity index (χ0v) is 55.4. The number of benzene rings is 4. The molecule has 36 heteroatoms. The van der Waals surface area contributed by atoms with Crippen molar-refractivity contribution in [3.8, 4) is 11.5 Å². The average Bonchev–Trinajstić information content (AvgIpc) is 1.22. The van der Waals surface area contributed by atoms with Gasteiger partial charge in [-0.2, -0.15) is 0 Å². The molecule has 4 saturated heterocycles. The van der Waals surface area contributed by atoms with Gasteiger partial charge in [-0.15, -0.1) is 0 Å². The van der Waals surface area contributed by atoms with E-state index >= 15 is 9.59 Å². The average molecular weight is 1430 g/mol. The quantitative estimate of drug-likeness (QED) is 0.0368. The molecular formula is C66H88N12O24. The first-order chi connectivity index (χ1) is 48.9. The monoisotopic (exact) mass is 1430 g/mol. The highest BCUT2D eigenvalue weighted by Crippen LogP contribution is 2.34. The van der Waals surface area contributed by atoms with Crippen molar-refractivity contribution in [2.75, 3.05) is 53.2 Å². The Balaban J connectivity index is 0.896. The van der Waals surface area contributed by atoms with Crippen molar-refractivity contribution in [1.29, 1.82) is 0 Å². The fraction of sp³-hybridized carbons (Fsp3) is 0.545. The predicted molar refractivity (Wildman–Crippen MR) is 353 cm³/mol. The fourth-order valence-electron chi connectivity index (χ4n) is 13.0. The van der Waals surface area contributed by atoms with E-state index in [1.54, 1.807) is 56.5 Å². The van der Waals surface area contributed by atoms with Gasteiger partial charge in [-0.3, -0.25) is 38.8 Å². The Hall–Kier alpha value is -8.54. The lowest BCUT2D eigenvalue weighted by Crippen LogP contribution is -2.66. The van der Waals surface area contributed by atoms with E-state index in [2.05, 4.69) is 47.2 Å². The number of methoxy groups -OCH3 is 1. The molecule has 0 aromatic heterocycles.